The summed E-state index contributed by atoms with van der Waals surface area (Å²) in [5, 5.41) is 3.32. The maximum absolute atomic E-state index is 4.57. The molecule has 1 N–H and O–H groups in total. The molecule has 6 heteroatoms. The fourth-order valence-corrected chi connectivity index (χ4v) is 2.30. The Kier molecular flexibility index (Phi) is 9.51. The molecule has 0 bridgehead atoms. The summed E-state index contributed by atoms with van der Waals surface area (Å²) in [6.07, 6.45) is 3.14. The van der Waals surface area contributed by atoms with E-state index in [1.165, 1.54) is 5.69 Å². The number of halogens is 2. The summed E-state index contributed by atoms with van der Waals surface area (Å²) < 4.78 is 3.24. The first-order chi connectivity index (χ1) is 8.58. The molecule has 0 unspecified atom stereocenters. The van der Waals surface area contributed by atoms with Crippen molar-refractivity contribution in [2.24, 2.45) is 12.0 Å². The van der Waals surface area contributed by atoms with Gasteiger partial charge in [0.1, 0.15) is 0 Å². The molecule has 0 saturated heterocycles. The average Bonchev–Trinajstić information content (AvgIpc) is 2.63. The standard InChI is InChI=1S/C13H23BrN4.HI/c1-5-7-16-13(15-6-2)18(4)10-12-8-11(14)9-17(12)3;/h8-9H,5-7,10H2,1-4H3,(H,15,16);1H. The number of nitrogens with one attached hydrogen (secondary N) is 1. The second-order valence-electron chi connectivity index (χ2n) is 4.35. The van der Waals surface area contributed by atoms with Crippen LogP contribution in [0.1, 0.15) is 26.0 Å². The second-order valence-corrected chi connectivity index (χ2v) is 5.27. The SMILES string of the molecule is CCCN=C(NCC)N(C)Cc1cc(Br)cn1C.I. The van der Waals surface area contributed by atoms with Crippen LogP contribution in [0.3, 0.4) is 0 Å². The van der Waals surface area contributed by atoms with E-state index in [4.69, 9.17) is 0 Å². The summed E-state index contributed by atoms with van der Waals surface area (Å²) >= 11 is 3.50. The predicted octanol–water partition coefficient (Wildman–Crippen LogP) is 3.21. The molecule has 1 heterocycles. The molecule has 0 amide bonds. The largest absolute Gasteiger partial charge is 0.357 e. The van der Waals surface area contributed by atoms with Crippen molar-refractivity contribution in [3.63, 3.8) is 0 Å². The molecule has 0 saturated carbocycles. The van der Waals surface area contributed by atoms with Crippen LogP contribution in [-0.4, -0.2) is 35.6 Å². The van der Waals surface area contributed by atoms with Crippen molar-refractivity contribution in [1.29, 1.82) is 0 Å². The number of rotatable bonds is 5. The van der Waals surface area contributed by atoms with Crippen LogP contribution in [0.2, 0.25) is 0 Å². The number of aromatic nitrogens is 1. The monoisotopic (exact) mass is 442 g/mol. The summed E-state index contributed by atoms with van der Waals surface area (Å²) in [4.78, 5) is 6.73. The summed E-state index contributed by atoms with van der Waals surface area (Å²) in [5.74, 6) is 0.969. The van der Waals surface area contributed by atoms with Gasteiger partial charge in [0.15, 0.2) is 5.96 Å². The molecule has 0 aliphatic heterocycles. The van der Waals surface area contributed by atoms with Gasteiger partial charge in [0.25, 0.3) is 0 Å². The van der Waals surface area contributed by atoms with E-state index < -0.39 is 0 Å². The first-order valence-corrected chi connectivity index (χ1v) is 7.18. The third kappa shape index (κ3) is 6.16. The number of guanidine groups is 1. The number of nitrogens with zero attached hydrogens (tertiary/aromatic N) is 3. The molecule has 19 heavy (non-hydrogen) atoms. The fourth-order valence-electron chi connectivity index (χ4n) is 1.73. The van der Waals surface area contributed by atoms with E-state index in [1.54, 1.807) is 0 Å². The number of hydrogen-bond donors (Lipinski definition) is 1. The van der Waals surface area contributed by atoms with Crippen molar-refractivity contribution in [2.75, 3.05) is 20.1 Å². The van der Waals surface area contributed by atoms with Crippen molar-refractivity contribution < 1.29 is 0 Å². The van der Waals surface area contributed by atoms with E-state index in [9.17, 15) is 0 Å². The first-order valence-electron chi connectivity index (χ1n) is 6.38. The molecule has 0 spiro atoms. The lowest BCUT2D eigenvalue weighted by molar-refractivity contribution is 0.462. The van der Waals surface area contributed by atoms with Crippen molar-refractivity contribution in [3.8, 4) is 0 Å². The third-order valence-corrected chi connectivity index (χ3v) is 3.09. The molecule has 0 aliphatic carbocycles. The zero-order valence-corrected chi connectivity index (χ0v) is 16.0. The van der Waals surface area contributed by atoms with Crippen LogP contribution >= 0.6 is 39.9 Å². The van der Waals surface area contributed by atoms with Gasteiger partial charge < -0.3 is 14.8 Å². The summed E-state index contributed by atoms with van der Waals surface area (Å²) in [5.41, 5.74) is 1.26. The minimum absolute atomic E-state index is 0. The van der Waals surface area contributed by atoms with Gasteiger partial charge in [0.05, 0.1) is 6.54 Å². The van der Waals surface area contributed by atoms with Gasteiger partial charge >= 0.3 is 0 Å². The van der Waals surface area contributed by atoms with E-state index in [-0.39, 0.29) is 24.0 Å². The Morgan fingerprint density at radius 2 is 2.16 bits per heavy atom. The Labute approximate surface area is 141 Å². The molecular weight excluding hydrogens is 419 g/mol. The van der Waals surface area contributed by atoms with Crippen molar-refractivity contribution in [1.82, 2.24) is 14.8 Å². The van der Waals surface area contributed by atoms with Gasteiger partial charge in [-0.2, -0.15) is 0 Å². The Bertz CT molecular complexity index is 403. The van der Waals surface area contributed by atoms with Gasteiger partial charge in [-0.25, -0.2) is 0 Å². The summed E-state index contributed by atoms with van der Waals surface area (Å²) in [6, 6.07) is 2.14. The van der Waals surface area contributed by atoms with Crippen molar-refractivity contribution in [3.05, 3.63) is 22.4 Å². The van der Waals surface area contributed by atoms with Gasteiger partial charge in [0.2, 0.25) is 0 Å². The number of hydrogen-bond acceptors (Lipinski definition) is 1. The Morgan fingerprint density at radius 3 is 2.63 bits per heavy atom. The average molecular weight is 443 g/mol. The maximum atomic E-state index is 4.57. The van der Waals surface area contributed by atoms with E-state index >= 15 is 0 Å². The minimum atomic E-state index is 0. The van der Waals surface area contributed by atoms with Crippen LogP contribution in [0.25, 0.3) is 0 Å². The molecule has 0 aliphatic rings. The van der Waals surface area contributed by atoms with Gasteiger partial charge in [-0.3, -0.25) is 4.99 Å². The quantitative estimate of drug-likeness (QED) is 0.431. The lowest BCUT2D eigenvalue weighted by Crippen LogP contribution is -2.38. The van der Waals surface area contributed by atoms with E-state index in [0.29, 0.717) is 0 Å². The highest BCUT2D eigenvalue weighted by Crippen LogP contribution is 2.14. The lowest BCUT2D eigenvalue weighted by atomic mass is 10.4. The molecule has 0 fully saturated rings. The molecule has 110 valence electrons. The highest BCUT2D eigenvalue weighted by molar-refractivity contribution is 14.0. The van der Waals surface area contributed by atoms with Crippen molar-refractivity contribution >= 4 is 45.9 Å². The maximum Gasteiger partial charge on any atom is 0.194 e. The molecular formula is C13H24BrIN4. The summed E-state index contributed by atoms with van der Waals surface area (Å²) in [6.45, 7) is 6.83. The molecule has 1 aromatic heterocycles. The first kappa shape index (κ1) is 18.8. The van der Waals surface area contributed by atoms with E-state index in [0.717, 1.165) is 36.5 Å². The van der Waals surface area contributed by atoms with Gasteiger partial charge in [-0.15, -0.1) is 24.0 Å². The van der Waals surface area contributed by atoms with E-state index in [1.807, 2.05) is 0 Å². The number of aliphatic imine (C=N–C) groups is 1. The smallest absolute Gasteiger partial charge is 0.194 e. The highest BCUT2D eigenvalue weighted by atomic mass is 127. The van der Waals surface area contributed by atoms with Crippen LogP contribution in [0.4, 0.5) is 0 Å². The highest BCUT2D eigenvalue weighted by Gasteiger charge is 2.09. The number of aryl methyl sites for hydroxylation is 1. The molecule has 0 radical (unpaired) electrons. The minimum Gasteiger partial charge on any atom is -0.357 e. The molecule has 4 nitrogen and oxygen atoms in total. The Balaban J connectivity index is 0.00000324. The van der Waals surface area contributed by atoms with Gasteiger partial charge in [-0.1, -0.05) is 6.92 Å². The summed E-state index contributed by atoms with van der Waals surface area (Å²) in [7, 11) is 4.13. The lowest BCUT2D eigenvalue weighted by Gasteiger charge is -2.22. The molecule has 0 aromatic carbocycles. The van der Waals surface area contributed by atoms with Crippen LogP contribution < -0.4 is 5.32 Å². The Morgan fingerprint density at radius 1 is 1.47 bits per heavy atom. The fraction of sp³-hybridized carbons (Fsp3) is 0.615. The van der Waals surface area contributed by atoms with Crippen LogP contribution in [0.15, 0.2) is 21.7 Å². The Hall–Kier alpha value is -0.240. The molecule has 1 aromatic rings. The van der Waals surface area contributed by atoms with Gasteiger partial charge in [0, 0.05) is 43.5 Å². The van der Waals surface area contributed by atoms with Gasteiger partial charge in [-0.05, 0) is 35.3 Å². The topological polar surface area (TPSA) is 32.6 Å². The van der Waals surface area contributed by atoms with Crippen LogP contribution in [0, 0.1) is 0 Å². The zero-order valence-electron chi connectivity index (χ0n) is 12.1. The van der Waals surface area contributed by atoms with E-state index in [2.05, 4.69) is 75.9 Å². The molecule has 1 rings (SSSR count). The zero-order chi connectivity index (χ0) is 13.5. The molecule has 0 atom stereocenters. The normalized spacial score (nSPS) is 11.1. The third-order valence-electron chi connectivity index (χ3n) is 2.66. The van der Waals surface area contributed by atoms with Crippen LogP contribution in [0.5, 0.6) is 0 Å². The van der Waals surface area contributed by atoms with Crippen LogP contribution in [-0.2, 0) is 13.6 Å². The predicted molar refractivity (Wildman–Crippen MR) is 96.3 cm³/mol. The second kappa shape index (κ2) is 9.63. The van der Waals surface area contributed by atoms with Crippen molar-refractivity contribution in [2.45, 2.75) is 26.8 Å².